The fourth-order valence-electron chi connectivity index (χ4n) is 3.58. The van der Waals surface area contributed by atoms with Crippen LogP contribution in [-0.2, 0) is 13.6 Å². The summed E-state index contributed by atoms with van der Waals surface area (Å²) in [5.41, 5.74) is 7.61. The minimum absolute atomic E-state index is 0.182. The molecular weight excluding hydrogens is 248 g/mol. The summed E-state index contributed by atoms with van der Waals surface area (Å²) < 4.78 is 1.87. The van der Waals surface area contributed by atoms with E-state index in [1.165, 1.54) is 31.2 Å². The van der Waals surface area contributed by atoms with E-state index < -0.39 is 0 Å². The number of likely N-dealkylation sites (N-methyl/N-ethyl adjacent to an activating group) is 1. The molecule has 0 atom stereocenters. The van der Waals surface area contributed by atoms with Gasteiger partial charge in [0.05, 0.1) is 6.20 Å². The van der Waals surface area contributed by atoms with Crippen LogP contribution in [0.5, 0.6) is 0 Å². The first-order valence-electron chi connectivity index (χ1n) is 7.86. The zero-order valence-corrected chi connectivity index (χ0v) is 13.5. The van der Waals surface area contributed by atoms with Crippen LogP contribution < -0.4 is 5.73 Å². The van der Waals surface area contributed by atoms with Crippen LogP contribution in [0.15, 0.2) is 12.4 Å². The van der Waals surface area contributed by atoms with Crippen molar-refractivity contribution in [3.63, 3.8) is 0 Å². The van der Waals surface area contributed by atoms with Gasteiger partial charge in [0.1, 0.15) is 0 Å². The molecular formula is C16H30N4. The van der Waals surface area contributed by atoms with Crippen molar-refractivity contribution in [1.29, 1.82) is 0 Å². The van der Waals surface area contributed by atoms with E-state index in [0.29, 0.717) is 0 Å². The maximum absolute atomic E-state index is 6.16. The average Bonchev–Trinajstić information content (AvgIpc) is 2.84. The Balaban J connectivity index is 2.00. The van der Waals surface area contributed by atoms with Crippen molar-refractivity contribution in [3.05, 3.63) is 18.0 Å². The van der Waals surface area contributed by atoms with E-state index in [2.05, 4.69) is 37.1 Å². The molecule has 0 aromatic carbocycles. The fourth-order valence-corrected chi connectivity index (χ4v) is 3.58. The molecule has 1 aliphatic carbocycles. The predicted octanol–water partition coefficient (Wildman–Crippen LogP) is 2.40. The van der Waals surface area contributed by atoms with Gasteiger partial charge in [-0.1, -0.05) is 13.8 Å². The molecule has 0 spiro atoms. The molecule has 1 fully saturated rings. The van der Waals surface area contributed by atoms with Gasteiger partial charge in [-0.25, -0.2) is 0 Å². The first-order chi connectivity index (χ1) is 9.47. The van der Waals surface area contributed by atoms with Crippen LogP contribution in [-0.4, -0.2) is 33.8 Å². The molecule has 1 aromatic heterocycles. The Bertz CT molecular complexity index is 416. The van der Waals surface area contributed by atoms with Gasteiger partial charge in [0.25, 0.3) is 0 Å². The van der Waals surface area contributed by atoms with Crippen LogP contribution in [0.2, 0.25) is 0 Å². The quantitative estimate of drug-likeness (QED) is 0.899. The zero-order valence-electron chi connectivity index (χ0n) is 13.5. The van der Waals surface area contributed by atoms with Crippen molar-refractivity contribution in [2.45, 2.75) is 51.6 Å². The van der Waals surface area contributed by atoms with Crippen molar-refractivity contribution in [2.24, 2.45) is 24.6 Å². The van der Waals surface area contributed by atoms with E-state index in [1.54, 1.807) is 0 Å². The van der Waals surface area contributed by atoms with Gasteiger partial charge in [0.15, 0.2) is 0 Å². The Morgan fingerprint density at radius 3 is 2.55 bits per heavy atom. The van der Waals surface area contributed by atoms with Crippen molar-refractivity contribution < 1.29 is 0 Å². The first kappa shape index (κ1) is 15.5. The molecule has 4 nitrogen and oxygen atoms in total. The van der Waals surface area contributed by atoms with Gasteiger partial charge in [0.2, 0.25) is 0 Å². The smallest absolute Gasteiger partial charge is 0.0534 e. The summed E-state index contributed by atoms with van der Waals surface area (Å²) in [6.45, 7) is 6.39. The Morgan fingerprint density at radius 2 is 2.10 bits per heavy atom. The highest BCUT2D eigenvalue weighted by Crippen LogP contribution is 2.38. The average molecular weight is 278 g/mol. The maximum atomic E-state index is 6.16. The number of aryl methyl sites for hydroxylation is 1. The fraction of sp³-hybridized carbons (Fsp3) is 0.812. The Labute approximate surface area is 123 Å². The molecule has 114 valence electrons. The van der Waals surface area contributed by atoms with Gasteiger partial charge in [-0.3, -0.25) is 9.58 Å². The molecule has 0 saturated heterocycles. The van der Waals surface area contributed by atoms with E-state index in [-0.39, 0.29) is 5.54 Å². The third kappa shape index (κ3) is 3.23. The zero-order chi connectivity index (χ0) is 14.8. The minimum atomic E-state index is 0.182. The lowest BCUT2D eigenvalue weighted by Crippen LogP contribution is -2.54. The molecule has 1 aromatic rings. The molecule has 20 heavy (non-hydrogen) atoms. The third-order valence-electron chi connectivity index (χ3n) is 5.27. The predicted molar refractivity (Wildman–Crippen MR) is 83.3 cm³/mol. The normalized spacial score (nSPS) is 27.4. The molecule has 1 heterocycles. The molecule has 2 N–H and O–H groups in total. The number of nitrogens with two attached hydrogens (primary N) is 1. The second-order valence-electron chi connectivity index (χ2n) is 6.89. The summed E-state index contributed by atoms with van der Waals surface area (Å²) in [6.07, 6.45) is 9.13. The molecule has 0 bridgehead atoms. The van der Waals surface area contributed by atoms with Crippen molar-refractivity contribution >= 4 is 0 Å². The van der Waals surface area contributed by atoms with Crippen LogP contribution >= 0.6 is 0 Å². The maximum Gasteiger partial charge on any atom is 0.0534 e. The van der Waals surface area contributed by atoms with Crippen LogP contribution in [0.4, 0.5) is 0 Å². The first-order valence-corrected chi connectivity index (χ1v) is 7.86. The van der Waals surface area contributed by atoms with Gasteiger partial charge in [-0.2, -0.15) is 5.10 Å². The van der Waals surface area contributed by atoms with Gasteiger partial charge >= 0.3 is 0 Å². The third-order valence-corrected chi connectivity index (χ3v) is 5.27. The van der Waals surface area contributed by atoms with Crippen LogP contribution in [0.3, 0.4) is 0 Å². The van der Waals surface area contributed by atoms with Gasteiger partial charge in [-0.05, 0) is 44.6 Å². The lowest BCUT2D eigenvalue weighted by Gasteiger charge is -2.46. The van der Waals surface area contributed by atoms with Crippen molar-refractivity contribution in [1.82, 2.24) is 14.7 Å². The van der Waals surface area contributed by atoms with E-state index >= 15 is 0 Å². The molecule has 0 unspecified atom stereocenters. The summed E-state index contributed by atoms with van der Waals surface area (Å²) in [4.78, 5) is 2.46. The highest BCUT2D eigenvalue weighted by Gasteiger charge is 2.38. The second kappa shape index (κ2) is 6.27. The van der Waals surface area contributed by atoms with E-state index in [1.807, 2.05) is 17.9 Å². The Hall–Kier alpha value is -0.870. The van der Waals surface area contributed by atoms with Gasteiger partial charge in [0, 0.05) is 37.4 Å². The SMILES string of the molecule is CC(C)C1CCC(CN)(N(C)Cc2cnn(C)c2)CC1. The number of nitrogens with zero attached hydrogens (tertiary/aromatic N) is 3. The molecule has 1 aliphatic rings. The van der Waals surface area contributed by atoms with E-state index in [9.17, 15) is 0 Å². The summed E-state index contributed by atoms with van der Waals surface area (Å²) in [7, 11) is 4.19. The molecule has 0 amide bonds. The monoisotopic (exact) mass is 278 g/mol. The number of hydrogen-bond acceptors (Lipinski definition) is 3. The number of aromatic nitrogens is 2. The number of rotatable bonds is 5. The van der Waals surface area contributed by atoms with Crippen LogP contribution in [0.1, 0.15) is 45.1 Å². The van der Waals surface area contributed by atoms with Gasteiger partial charge < -0.3 is 5.73 Å². The Morgan fingerprint density at radius 1 is 1.45 bits per heavy atom. The van der Waals surface area contributed by atoms with Crippen LogP contribution in [0.25, 0.3) is 0 Å². The Kier molecular flexibility index (Phi) is 4.86. The minimum Gasteiger partial charge on any atom is -0.329 e. The summed E-state index contributed by atoms with van der Waals surface area (Å²) in [5, 5.41) is 4.26. The van der Waals surface area contributed by atoms with E-state index in [4.69, 9.17) is 5.73 Å². The molecule has 4 heteroatoms. The van der Waals surface area contributed by atoms with E-state index in [0.717, 1.165) is 24.9 Å². The molecule has 1 saturated carbocycles. The number of hydrogen-bond donors (Lipinski definition) is 1. The van der Waals surface area contributed by atoms with Crippen LogP contribution in [0, 0.1) is 11.8 Å². The lowest BCUT2D eigenvalue weighted by molar-refractivity contribution is 0.0497. The summed E-state index contributed by atoms with van der Waals surface area (Å²) >= 11 is 0. The molecule has 0 radical (unpaired) electrons. The topological polar surface area (TPSA) is 47.1 Å². The highest BCUT2D eigenvalue weighted by atomic mass is 15.2. The standard InChI is InChI=1S/C16H30N4/c1-13(2)15-5-7-16(12-17,8-6-15)19(3)10-14-9-18-20(4)11-14/h9,11,13,15H,5-8,10,12,17H2,1-4H3. The molecule has 0 aliphatic heterocycles. The van der Waals surface area contributed by atoms with Gasteiger partial charge in [-0.15, -0.1) is 0 Å². The second-order valence-corrected chi connectivity index (χ2v) is 6.89. The highest BCUT2D eigenvalue weighted by molar-refractivity contribution is 5.06. The van der Waals surface area contributed by atoms with Crippen molar-refractivity contribution in [2.75, 3.05) is 13.6 Å². The summed E-state index contributed by atoms with van der Waals surface area (Å²) in [6, 6.07) is 0. The summed E-state index contributed by atoms with van der Waals surface area (Å²) in [5.74, 6) is 1.68. The largest absolute Gasteiger partial charge is 0.329 e. The lowest BCUT2D eigenvalue weighted by atomic mass is 9.72. The molecule has 2 rings (SSSR count). The van der Waals surface area contributed by atoms with Crippen molar-refractivity contribution in [3.8, 4) is 0 Å².